The van der Waals surface area contributed by atoms with Crippen molar-refractivity contribution in [1.29, 1.82) is 0 Å². The lowest BCUT2D eigenvalue weighted by Crippen LogP contribution is -2.17. The van der Waals surface area contributed by atoms with Crippen LogP contribution in [0.2, 0.25) is 0 Å². The van der Waals surface area contributed by atoms with Crippen molar-refractivity contribution in [2.24, 2.45) is 0 Å². The van der Waals surface area contributed by atoms with E-state index in [2.05, 4.69) is 0 Å². The molecule has 0 unspecified atom stereocenters. The molecule has 4 aromatic rings. The van der Waals surface area contributed by atoms with E-state index in [1.54, 1.807) is 36.4 Å². The Labute approximate surface area is 178 Å². The summed E-state index contributed by atoms with van der Waals surface area (Å²) in [5.41, 5.74) is 1.78. The molecule has 3 aromatic carbocycles. The molecular formula is C25H20O6. The van der Waals surface area contributed by atoms with E-state index in [-0.39, 0.29) is 12.4 Å². The van der Waals surface area contributed by atoms with Gasteiger partial charge < -0.3 is 18.6 Å². The summed E-state index contributed by atoms with van der Waals surface area (Å²) in [6.45, 7) is 2.02. The molecule has 0 aliphatic rings. The van der Waals surface area contributed by atoms with Gasteiger partial charge in [-0.1, -0.05) is 30.3 Å². The molecule has 4 rings (SSSR count). The van der Waals surface area contributed by atoms with Gasteiger partial charge in [-0.05, 0) is 54.4 Å². The maximum absolute atomic E-state index is 12.1. The average Bonchev–Trinajstić information content (AvgIpc) is 2.77. The van der Waals surface area contributed by atoms with Crippen molar-refractivity contribution < 1.29 is 23.4 Å². The average molecular weight is 416 g/mol. The molecule has 0 fully saturated rings. The molecule has 0 saturated carbocycles. The van der Waals surface area contributed by atoms with Gasteiger partial charge in [0, 0.05) is 17.5 Å². The highest BCUT2D eigenvalue weighted by Gasteiger charge is 2.09. The summed E-state index contributed by atoms with van der Waals surface area (Å²) in [7, 11) is 0. The molecule has 0 spiro atoms. The van der Waals surface area contributed by atoms with E-state index < -0.39 is 11.6 Å². The van der Waals surface area contributed by atoms with E-state index in [4.69, 9.17) is 18.6 Å². The third kappa shape index (κ3) is 5.30. The number of aryl methyl sites for hydroxylation is 1. The Morgan fingerprint density at radius 3 is 2.26 bits per heavy atom. The van der Waals surface area contributed by atoms with Crippen LogP contribution in [0.5, 0.6) is 17.2 Å². The summed E-state index contributed by atoms with van der Waals surface area (Å²) in [6.07, 6.45) is 0. The smallest absolute Gasteiger partial charge is 0.349 e. The van der Waals surface area contributed by atoms with Crippen molar-refractivity contribution in [2.45, 2.75) is 13.5 Å². The van der Waals surface area contributed by atoms with Crippen LogP contribution < -0.4 is 19.8 Å². The van der Waals surface area contributed by atoms with E-state index >= 15 is 0 Å². The lowest BCUT2D eigenvalue weighted by atomic mass is 10.1. The fourth-order valence-corrected chi connectivity index (χ4v) is 3.04. The Morgan fingerprint density at radius 1 is 0.839 bits per heavy atom. The molecule has 0 radical (unpaired) electrons. The fraction of sp³-hybridized carbons (Fsp3) is 0.120. The molecule has 1 heterocycles. The summed E-state index contributed by atoms with van der Waals surface area (Å²) in [5, 5.41) is 0.783. The van der Waals surface area contributed by atoms with Gasteiger partial charge in [0.2, 0.25) is 0 Å². The molecule has 31 heavy (non-hydrogen) atoms. The van der Waals surface area contributed by atoms with Gasteiger partial charge in [-0.2, -0.15) is 0 Å². The van der Waals surface area contributed by atoms with Gasteiger partial charge in [0.1, 0.15) is 29.4 Å². The van der Waals surface area contributed by atoms with E-state index in [1.165, 1.54) is 12.1 Å². The quantitative estimate of drug-likeness (QED) is 0.248. The van der Waals surface area contributed by atoms with Crippen LogP contribution >= 0.6 is 0 Å². The van der Waals surface area contributed by atoms with Crippen LogP contribution in [0.15, 0.2) is 88.1 Å². The van der Waals surface area contributed by atoms with Gasteiger partial charge in [0.15, 0.2) is 6.61 Å². The topological polar surface area (TPSA) is 75.0 Å². The summed E-state index contributed by atoms with van der Waals surface area (Å²) >= 11 is 0. The zero-order valence-corrected chi connectivity index (χ0v) is 16.9. The van der Waals surface area contributed by atoms with E-state index in [0.29, 0.717) is 23.7 Å². The fourth-order valence-electron chi connectivity index (χ4n) is 3.04. The van der Waals surface area contributed by atoms with E-state index in [1.807, 2.05) is 37.3 Å². The number of hydrogen-bond acceptors (Lipinski definition) is 6. The standard InChI is InChI=1S/C25H20O6/c1-17-13-24(26)31-23-14-21(11-12-22(17)23)30-25(27)16-29-20-9-7-19(8-10-20)28-15-18-5-3-2-4-6-18/h2-14H,15-16H2,1H3. The second kappa shape index (κ2) is 9.17. The number of esters is 1. The van der Waals surface area contributed by atoms with Crippen molar-refractivity contribution >= 4 is 16.9 Å². The number of ether oxygens (including phenoxy) is 3. The van der Waals surface area contributed by atoms with Gasteiger partial charge in [-0.3, -0.25) is 0 Å². The first kappa shape index (κ1) is 20.2. The van der Waals surface area contributed by atoms with Crippen molar-refractivity contribution in [3.05, 3.63) is 100 Å². The highest BCUT2D eigenvalue weighted by atomic mass is 16.6. The SMILES string of the molecule is Cc1cc(=O)oc2cc(OC(=O)COc3ccc(OCc4ccccc4)cc3)ccc12. The van der Waals surface area contributed by atoms with Crippen LogP contribution in [0, 0.1) is 6.92 Å². The molecular weight excluding hydrogens is 396 g/mol. The van der Waals surface area contributed by atoms with Crippen LogP contribution in [-0.4, -0.2) is 12.6 Å². The predicted molar refractivity (Wildman–Crippen MR) is 116 cm³/mol. The predicted octanol–water partition coefficient (Wildman–Crippen LogP) is 4.66. The van der Waals surface area contributed by atoms with Gasteiger partial charge in [0.05, 0.1) is 0 Å². The van der Waals surface area contributed by atoms with Gasteiger partial charge in [0.25, 0.3) is 0 Å². The summed E-state index contributed by atoms with van der Waals surface area (Å²) in [4.78, 5) is 23.6. The van der Waals surface area contributed by atoms with Crippen molar-refractivity contribution in [2.75, 3.05) is 6.61 Å². The molecule has 156 valence electrons. The molecule has 0 N–H and O–H groups in total. The third-order valence-corrected chi connectivity index (χ3v) is 4.58. The van der Waals surface area contributed by atoms with Crippen LogP contribution in [0.3, 0.4) is 0 Å². The highest BCUT2D eigenvalue weighted by Crippen LogP contribution is 2.23. The highest BCUT2D eigenvalue weighted by molar-refractivity contribution is 5.82. The molecule has 0 saturated heterocycles. The third-order valence-electron chi connectivity index (χ3n) is 4.58. The summed E-state index contributed by atoms with van der Waals surface area (Å²) in [5.74, 6) is 0.925. The van der Waals surface area contributed by atoms with E-state index in [0.717, 1.165) is 16.5 Å². The molecule has 6 heteroatoms. The lowest BCUT2D eigenvalue weighted by molar-refractivity contribution is -0.136. The Balaban J connectivity index is 1.30. The number of benzene rings is 3. The minimum atomic E-state index is -0.571. The number of carbonyl (C=O) groups excluding carboxylic acids is 1. The Bertz CT molecular complexity index is 1240. The molecule has 0 aliphatic carbocycles. The number of rotatable bonds is 7. The zero-order chi connectivity index (χ0) is 21.6. The molecule has 0 atom stereocenters. The second-order valence-corrected chi connectivity index (χ2v) is 6.91. The number of carbonyl (C=O) groups is 1. The number of fused-ring (bicyclic) bond motifs is 1. The first-order valence-electron chi connectivity index (χ1n) is 9.71. The van der Waals surface area contributed by atoms with Crippen LogP contribution in [0.4, 0.5) is 0 Å². The summed E-state index contributed by atoms with van der Waals surface area (Å²) in [6, 6.07) is 23.2. The minimum Gasteiger partial charge on any atom is -0.489 e. The van der Waals surface area contributed by atoms with Crippen molar-refractivity contribution in [1.82, 2.24) is 0 Å². The largest absolute Gasteiger partial charge is 0.489 e. The first-order chi connectivity index (χ1) is 15.1. The monoisotopic (exact) mass is 416 g/mol. The Hall–Kier alpha value is -4.06. The Kier molecular flexibility index (Phi) is 5.98. The lowest BCUT2D eigenvalue weighted by Gasteiger charge is -2.09. The Morgan fingerprint density at radius 2 is 1.52 bits per heavy atom. The van der Waals surface area contributed by atoms with Crippen molar-refractivity contribution in [3.8, 4) is 17.2 Å². The van der Waals surface area contributed by atoms with Gasteiger partial charge in [-0.25, -0.2) is 9.59 Å². The molecule has 6 nitrogen and oxygen atoms in total. The van der Waals surface area contributed by atoms with Gasteiger partial charge >= 0.3 is 11.6 Å². The normalized spacial score (nSPS) is 10.6. The van der Waals surface area contributed by atoms with Crippen LogP contribution in [0.25, 0.3) is 11.0 Å². The van der Waals surface area contributed by atoms with Gasteiger partial charge in [-0.15, -0.1) is 0 Å². The maximum atomic E-state index is 12.1. The van der Waals surface area contributed by atoms with Crippen LogP contribution in [-0.2, 0) is 11.4 Å². The van der Waals surface area contributed by atoms with Crippen molar-refractivity contribution in [3.63, 3.8) is 0 Å². The summed E-state index contributed by atoms with van der Waals surface area (Å²) < 4.78 is 21.7. The molecule has 0 aliphatic heterocycles. The zero-order valence-electron chi connectivity index (χ0n) is 16.9. The molecule has 0 amide bonds. The van der Waals surface area contributed by atoms with E-state index in [9.17, 15) is 9.59 Å². The molecule has 0 bridgehead atoms. The second-order valence-electron chi connectivity index (χ2n) is 6.91. The minimum absolute atomic E-state index is 0.264. The first-order valence-corrected chi connectivity index (χ1v) is 9.71. The molecule has 1 aromatic heterocycles. The maximum Gasteiger partial charge on any atom is 0.349 e. The van der Waals surface area contributed by atoms with Crippen LogP contribution in [0.1, 0.15) is 11.1 Å². The number of hydrogen-bond donors (Lipinski definition) is 0.